The van der Waals surface area contributed by atoms with E-state index >= 15 is 0 Å². The van der Waals surface area contributed by atoms with E-state index in [-0.39, 0.29) is 17.5 Å². The van der Waals surface area contributed by atoms with Gasteiger partial charge < -0.3 is 10.6 Å². The maximum Gasteiger partial charge on any atom is 0.313 e. The van der Waals surface area contributed by atoms with E-state index in [0.29, 0.717) is 12.1 Å². The lowest BCUT2D eigenvalue weighted by Gasteiger charge is -2.10. The van der Waals surface area contributed by atoms with Crippen LogP contribution < -0.4 is 15.4 Å². The number of carbonyl (C=O) groups is 2. The Bertz CT molecular complexity index is 944. The Kier molecular flexibility index (Phi) is 7.73. The largest absolute Gasteiger partial charge is 0.347 e. The Hall–Kier alpha value is -2.23. The summed E-state index contributed by atoms with van der Waals surface area (Å²) in [6.07, 6.45) is 0.466. The van der Waals surface area contributed by atoms with Gasteiger partial charge in [-0.15, -0.1) is 0 Å². The highest BCUT2D eigenvalue weighted by atomic mass is 79.9. The molecule has 0 aliphatic carbocycles. The molecule has 9 heteroatoms. The summed E-state index contributed by atoms with van der Waals surface area (Å²) >= 11 is 3.29. The van der Waals surface area contributed by atoms with E-state index in [9.17, 15) is 18.0 Å². The average Bonchev–Trinajstić information content (AvgIpc) is 2.61. The Morgan fingerprint density at radius 1 is 1.04 bits per heavy atom. The van der Waals surface area contributed by atoms with Crippen molar-refractivity contribution in [3.8, 4) is 0 Å². The van der Waals surface area contributed by atoms with E-state index < -0.39 is 21.8 Å². The van der Waals surface area contributed by atoms with Crippen molar-refractivity contribution in [1.29, 1.82) is 0 Å². The number of hydrogen-bond acceptors (Lipinski definition) is 4. The van der Waals surface area contributed by atoms with E-state index in [4.69, 9.17) is 0 Å². The topological polar surface area (TPSA) is 104 Å². The number of benzene rings is 2. The van der Waals surface area contributed by atoms with Gasteiger partial charge in [-0.2, -0.15) is 0 Å². The Labute approximate surface area is 173 Å². The first kappa shape index (κ1) is 22.1. The third-order valence-electron chi connectivity index (χ3n) is 3.61. The lowest BCUT2D eigenvalue weighted by atomic mass is 10.1. The van der Waals surface area contributed by atoms with Gasteiger partial charge in [-0.1, -0.05) is 34.1 Å². The fourth-order valence-corrected chi connectivity index (χ4v) is 4.02. The molecule has 0 unspecified atom stereocenters. The van der Waals surface area contributed by atoms with Crippen molar-refractivity contribution in [2.45, 2.75) is 31.2 Å². The SMILES string of the molecule is CC(C)NS(=O)(=O)c1ccc(CCNC(=O)C(=O)Nc2cccc(Br)c2)cc1. The maximum atomic E-state index is 12.1. The molecule has 0 radical (unpaired) electrons. The van der Waals surface area contributed by atoms with Crippen LogP contribution in [0.1, 0.15) is 19.4 Å². The van der Waals surface area contributed by atoms with Gasteiger partial charge in [0.2, 0.25) is 10.0 Å². The van der Waals surface area contributed by atoms with Crippen molar-refractivity contribution in [2.24, 2.45) is 0 Å². The zero-order chi connectivity index (χ0) is 20.7. The fourth-order valence-electron chi connectivity index (χ4n) is 2.37. The molecule has 0 saturated heterocycles. The summed E-state index contributed by atoms with van der Waals surface area (Å²) in [5.41, 5.74) is 1.36. The molecule has 0 aromatic heterocycles. The highest BCUT2D eigenvalue weighted by Crippen LogP contribution is 2.15. The van der Waals surface area contributed by atoms with Crippen LogP contribution in [0.4, 0.5) is 5.69 Å². The maximum absolute atomic E-state index is 12.1. The van der Waals surface area contributed by atoms with Gasteiger partial charge in [-0.25, -0.2) is 13.1 Å². The normalized spacial score (nSPS) is 11.3. The van der Waals surface area contributed by atoms with E-state index in [1.807, 2.05) is 6.07 Å². The minimum atomic E-state index is -3.53. The molecule has 2 aromatic rings. The molecule has 0 heterocycles. The molecule has 28 heavy (non-hydrogen) atoms. The smallest absolute Gasteiger partial charge is 0.313 e. The standard InChI is InChI=1S/C19H22BrN3O4S/c1-13(2)23-28(26,27)17-8-6-14(7-9-17)10-11-21-18(24)19(25)22-16-5-3-4-15(20)12-16/h3-9,12-13,23H,10-11H2,1-2H3,(H,21,24)(H,22,25). The van der Waals surface area contributed by atoms with Gasteiger partial charge in [0.1, 0.15) is 0 Å². The molecule has 7 nitrogen and oxygen atoms in total. The Morgan fingerprint density at radius 2 is 1.71 bits per heavy atom. The minimum Gasteiger partial charge on any atom is -0.347 e. The molecule has 2 rings (SSSR count). The number of sulfonamides is 1. The molecule has 0 fully saturated rings. The summed E-state index contributed by atoms with van der Waals surface area (Å²) in [7, 11) is -3.53. The number of nitrogens with one attached hydrogen (secondary N) is 3. The molecule has 0 aliphatic rings. The van der Waals surface area contributed by atoms with Crippen molar-refractivity contribution < 1.29 is 18.0 Å². The molecular formula is C19H22BrN3O4S. The molecule has 0 bridgehead atoms. The predicted molar refractivity (Wildman–Crippen MR) is 111 cm³/mol. The number of halogens is 1. The average molecular weight is 468 g/mol. The van der Waals surface area contributed by atoms with Crippen molar-refractivity contribution in [2.75, 3.05) is 11.9 Å². The number of rotatable bonds is 7. The van der Waals surface area contributed by atoms with Crippen LogP contribution in [0.15, 0.2) is 57.9 Å². The van der Waals surface area contributed by atoms with Gasteiger partial charge in [0.25, 0.3) is 0 Å². The highest BCUT2D eigenvalue weighted by molar-refractivity contribution is 9.10. The Morgan fingerprint density at radius 3 is 2.32 bits per heavy atom. The van der Waals surface area contributed by atoms with Crippen LogP contribution in [0.5, 0.6) is 0 Å². The highest BCUT2D eigenvalue weighted by Gasteiger charge is 2.15. The quantitative estimate of drug-likeness (QED) is 0.543. The van der Waals surface area contributed by atoms with Crippen molar-refractivity contribution in [1.82, 2.24) is 10.0 Å². The number of hydrogen-bond donors (Lipinski definition) is 3. The van der Waals surface area contributed by atoms with Crippen molar-refractivity contribution >= 4 is 43.5 Å². The minimum absolute atomic E-state index is 0.183. The van der Waals surface area contributed by atoms with Crippen LogP contribution in [0.25, 0.3) is 0 Å². The number of carbonyl (C=O) groups excluding carboxylic acids is 2. The molecule has 0 spiro atoms. The fraction of sp³-hybridized carbons (Fsp3) is 0.263. The third-order valence-corrected chi connectivity index (χ3v) is 5.78. The third kappa shape index (κ3) is 6.74. The lowest BCUT2D eigenvalue weighted by molar-refractivity contribution is -0.136. The van der Waals surface area contributed by atoms with Gasteiger partial charge in [0.05, 0.1) is 4.90 Å². The zero-order valence-corrected chi connectivity index (χ0v) is 17.9. The molecule has 150 valence electrons. The van der Waals surface area contributed by atoms with Crippen molar-refractivity contribution in [3.05, 3.63) is 58.6 Å². The van der Waals surface area contributed by atoms with E-state index in [2.05, 4.69) is 31.3 Å². The second kappa shape index (κ2) is 9.81. The molecule has 0 atom stereocenters. The lowest BCUT2D eigenvalue weighted by Crippen LogP contribution is -2.36. The number of anilines is 1. The van der Waals surface area contributed by atoms with Crippen LogP contribution in [0, 0.1) is 0 Å². The summed E-state index contributed by atoms with van der Waals surface area (Å²) < 4.78 is 27.5. The molecule has 2 amide bonds. The van der Waals surface area contributed by atoms with Crippen molar-refractivity contribution in [3.63, 3.8) is 0 Å². The van der Waals surface area contributed by atoms with Gasteiger partial charge >= 0.3 is 11.8 Å². The van der Waals surface area contributed by atoms with E-state index in [1.165, 1.54) is 12.1 Å². The van der Waals surface area contributed by atoms with Gasteiger partial charge in [-0.05, 0) is 56.2 Å². The monoisotopic (exact) mass is 467 g/mol. The summed E-state index contributed by atoms with van der Waals surface area (Å²) in [6.45, 7) is 3.75. The predicted octanol–water partition coefficient (Wildman–Crippen LogP) is 2.43. The second-order valence-corrected chi connectivity index (χ2v) is 9.02. The van der Waals surface area contributed by atoms with Crippen LogP contribution >= 0.6 is 15.9 Å². The number of amides is 2. The summed E-state index contributed by atoms with van der Waals surface area (Å²) in [5, 5.41) is 5.06. The van der Waals surface area contributed by atoms with E-state index in [0.717, 1.165) is 10.0 Å². The molecule has 2 aromatic carbocycles. The summed E-state index contributed by atoms with van der Waals surface area (Å²) in [4.78, 5) is 24.0. The second-order valence-electron chi connectivity index (χ2n) is 6.39. The summed E-state index contributed by atoms with van der Waals surface area (Å²) in [6, 6.07) is 13.1. The zero-order valence-electron chi connectivity index (χ0n) is 15.5. The van der Waals surface area contributed by atoms with Gasteiger partial charge in [0.15, 0.2) is 0 Å². The first-order valence-electron chi connectivity index (χ1n) is 8.63. The van der Waals surface area contributed by atoms with Gasteiger partial charge in [0, 0.05) is 22.7 Å². The van der Waals surface area contributed by atoms with E-state index in [1.54, 1.807) is 44.2 Å². The molecule has 0 aliphatic heterocycles. The van der Waals surface area contributed by atoms with Crippen LogP contribution in [0.2, 0.25) is 0 Å². The molecular weight excluding hydrogens is 446 g/mol. The molecule has 3 N–H and O–H groups in total. The van der Waals surface area contributed by atoms with Gasteiger partial charge in [-0.3, -0.25) is 9.59 Å². The molecule has 0 saturated carbocycles. The van der Waals surface area contributed by atoms with Crippen LogP contribution in [-0.4, -0.2) is 32.8 Å². The first-order valence-corrected chi connectivity index (χ1v) is 10.9. The van der Waals surface area contributed by atoms with Crippen LogP contribution in [-0.2, 0) is 26.0 Å². The Balaban J connectivity index is 1.84. The summed E-state index contributed by atoms with van der Waals surface area (Å²) in [5.74, 6) is -1.49. The van der Waals surface area contributed by atoms with Crippen LogP contribution in [0.3, 0.4) is 0 Å². The first-order chi connectivity index (χ1) is 13.2.